The second-order valence-electron chi connectivity index (χ2n) is 6.28. The molecule has 0 bridgehead atoms. The van der Waals surface area contributed by atoms with Gasteiger partial charge < -0.3 is 14.0 Å². The van der Waals surface area contributed by atoms with Crippen molar-refractivity contribution in [1.29, 1.82) is 0 Å². The van der Waals surface area contributed by atoms with Gasteiger partial charge in [0.15, 0.2) is 4.80 Å². The zero-order valence-corrected chi connectivity index (χ0v) is 16.7. The maximum atomic E-state index is 12.9. The smallest absolute Gasteiger partial charge is 0.279 e. The van der Waals surface area contributed by atoms with E-state index in [1.54, 1.807) is 32.4 Å². The third-order valence-electron chi connectivity index (χ3n) is 4.69. The van der Waals surface area contributed by atoms with Gasteiger partial charge in [-0.3, -0.25) is 4.79 Å². The van der Waals surface area contributed by atoms with E-state index in [4.69, 9.17) is 9.47 Å². The predicted octanol–water partition coefficient (Wildman–Crippen LogP) is 4.63. The van der Waals surface area contributed by atoms with Gasteiger partial charge in [0.05, 0.1) is 24.4 Å². The molecule has 0 aliphatic rings. The van der Waals surface area contributed by atoms with E-state index in [1.807, 2.05) is 12.1 Å². The average Bonchev–Trinajstić information content (AvgIpc) is 3.10. The van der Waals surface area contributed by atoms with Crippen LogP contribution >= 0.6 is 11.3 Å². The van der Waals surface area contributed by atoms with Crippen LogP contribution in [0.1, 0.15) is 17.3 Å². The average molecular weight is 392 g/mol. The maximum absolute atomic E-state index is 12.9. The Morgan fingerprint density at radius 2 is 1.75 bits per heavy atom. The van der Waals surface area contributed by atoms with E-state index < -0.39 is 0 Å². The number of carbonyl (C=O) groups is 1. The van der Waals surface area contributed by atoms with Crippen molar-refractivity contribution >= 4 is 38.2 Å². The highest BCUT2D eigenvalue weighted by Gasteiger charge is 2.12. The Kier molecular flexibility index (Phi) is 4.88. The summed E-state index contributed by atoms with van der Waals surface area (Å²) >= 11 is 1.53. The molecule has 28 heavy (non-hydrogen) atoms. The fraction of sp³-hybridized carbons (Fsp3) is 0.182. The lowest BCUT2D eigenvalue weighted by Crippen LogP contribution is -2.15. The summed E-state index contributed by atoms with van der Waals surface area (Å²) in [5.41, 5.74) is 1.52. The molecule has 0 radical (unpaired) electrons. The number of ether oxygens (including phenoxy) is 2. The summed E-state index contributed by atoms with van der Waals surface area (Å²) in [6.45, 7) is 2.78. The Bertz CT molecular complexity index is 1230. The van der Waals surface area contributed by atoms with Crippen LogP contribution in [0.25, 0.3) is 21.0 Å². The van der Waals surface area contributed by atoms with Crippen LogP contribution in [0.3, 0.4) is 0 Å². The van der Waals surface area contributed by atoms with Crippen LogP contribution in [0.15, 0.2) is 59.6 Å². The van der Waals surface area contributed by atoms with Crippen molar-refractivity contribution in [3.05, 3.63) is 65.0 Å². The van der Waals surface area contributed by atoms with Gasteiger partial charge in [-0.05, 0) is 30.5 Å². The molecule has 6 heteroatoms. The number of amides is 1. The minimum absolute atomic E-state index is 0.324. The molecule has 3 aromatic carbocycles. The van der Waals surface area contributed by atoms with Gasteiger partial charge in [-0.1, -0.05) is 41.7 Å². The number of hydrogen-bond donors (Lipinski definition) is 0. The van der Waals surface area contributed by atoms with E-state index in [0.29, 0.717) is 21.9 Å². The van der Waals surface area contributed by atoms with Gasteiger partial charge in [-0.2, -0.15) is 4.99 Å². The maximum Gasteiger partial charge on any atom is 0.279 e. The zero-order valence-electron chi connectivity index (χ0n) is 15.9. The lowest BCUT2D eigenvalue weighted by Gasteiger charge is -2.06. The molecule has 0 saturated heterocycles. The molecule has 0 aliphatic heterocycles. The fourth-order valence-electron chi connectivity index (χ4n) is 3.27. The fourth-order valence-corrected chi connectivity index (χ4v) is 4.50. The van der Waals surface area contributed by atoms with Gasteiger partial charge in [0.2, 0.25) is 0 Å². The first-order valence-electron chi connectivity index (χ1n) is 8.97. The number of aromatic nitrogens is 1. The first-order chi connectivity index (χ1) is 13.6. The van der Waals surface area contributed by atoms with Gasteiger partial charge in [-0.25, -0.2) is 0 Å². The molecule has 1 aromatic heterocycles. The summed E-state index contributed by atoms with van der Waals surface area (Å²) in [6.07, 6.45) is 0. The number of hydrogen-bond acceptors (Lipinski definition) is 4. The summed E-state index contributed by atoms with van der Waals surface area (Å²) in [5.74, 6) is 0.794. The van der Waals surface area contributed by atoms with Gasteiger partial charge in [0.1, 0.15) is 11.5 Å². The largest absolute Gasteiger partial charge is 0.497 e. The lowest BCUT2D eigenvalue weighted by molar-refractivity contribution is 0.0997. The standard InChI is InChI=1S/C22H20N2O3S/c1-4-24-19-10-9-14-7-5-6-8-18(14)20(19)28-22(24)23-21(25)15-11-16(26-2)13-17(12-15)27-3/h5-13H,4H2,1-3H3. The van der Waals surface area contributed by atoms with Gasteiger partial charge >= 0.3 is 0 Å². The molecule has 4 rings (SSSR count). The molecule has 0 saturated carbocycles. The summed E-state index contributed by atoms with van der Waals surface area (Å²) in [5, 5.41) is 2.35. The summed E-state index contributed by atoms with van der Waals surface area (Å²) in [4.78, 5) is 18.0. The zero-order chi connectivity index (χ0) is 19.7. The molecule has 0 aliphatic carbocycles. The van der Waals surface area contributed by atoms with Crippen LogP contribution in [-0.4, -0.2) is 24.7 Å². The van der Waals surface area contributed by atoms with Crippen LogP contribution in [0.5, 0.6) is 11.5 Å². The van der Waals surface area contributed by atoms with Crippen LogP contribution in [0.4, 0.5) is 0 Å². The molecule has 0 N–H and O–H groups in total. The lowest BCUT2D eigenvalue weighted by atomic mass is 10.1. The number of methoxy groups -OCH3 is 2. The second-order valence-corrected chi connectivity index (χ2v) is 7.26. The quantitative estimate of drug-likeness (QED) is 0.509. The summed E-state index contributed by atoms with van der Waals surface area (Å²) in [6, 6.07) is 17.5. The number of nitrogens with zero attached hydrogens (tertiary/aromatic N) is 2. The number of carbonyl (C=O) groups excluding carboxylic acids is 1. The van der Waals surface area contributed by atoms with Crippen molar-refractivity contribution in [1.82, 2.24) is 4.57 Å². The van der Waals surface area contributed by atoms with Crippen LogP contribution in [-0.2, 0) is 6.54 Å². The molecule has 0 fully saturated rings. The monoisotopic (exact) mass is 392 g/mol. The highest BCUT2D eigenvalue weighted by molar-refractivity contribution is 7.17. The molecule has 1 heterocycles. The van der Waals surface area contributed by atoms with E-state index in [1.165, 1.54) is 22.1 Å². The van der Waals surface area contributed by atoms with Crippen molar-refractivity contribution in [3.63, 3.8) is 0 Å². The summed E-state index contributed by atoms with van der Waals surface area (Å²) < 4.78 is 13.7. The van der Waals surface area contributed by atoms with E-state index in [0.717, 1.165) is 16.8 Å². The first kappa shape index (κ1) is 18.3. The molecule has 5 nitrogen and oxygen atoms in total. The Morgan fingerprint density at radius 3 is 2.43 bits per heavy atom. The number of benzene rings is 3. The van der Waals surface area contributed by atoms with Crippen molar-refractivity contribution < 1.29 is 14.3 Å². The van der Waals surface area contributed by atoms with E-state index in [2.05, 4.69) is 40.7 Å². The topological polar surface area (TPSA) is 52.8 Å². The molecule has 0 spiro atoms. The molecule has 4 aromatic rings. The Morgan fingerprint density at radius 1 is 1.04 bits per heavy atom. The van der Waals surface area contributed by atoms with Gasteiger partial charge in [0.25, 0.3) is 5.91 Å². The Balaban J connectivity index is 1.89. The SMILES string of the molecule is CCn1c(=NC(=O)c2cc(OC)cc(OC)c2)sc2c3ccccc3ccc21. The van der Waals surface area contributed by atoms with E-state index in [-0.39, 0.29) is 5.91 Å². The van der Waals surface area contributed by atoms with Crippen molar-refractivity contribution in [3.8, 4) is 11.5 Å². The summed E-state index contributed by atoms with van der Waals surface area (Å²) in [7, 11) is 3.12. The van der Waals surface area contributed by atoms with Crippen LogP contribution in [0.2, 0.25) is 0 Å². The van der Waals surface area contributed by atoms with E-state index in [9.17, 15) is 4.79 Å². The van der Waals surface area contributed by atoms with E-state index >= 15 is 0 Å². The van der Waals surface area contributed by atoms with Crippen LogP contribution < -0.4 is 14.3 Å². The number of thiazole rings is 1. The Labute approximate surface area is 166 Å². The highest BCUT2D eigenvalue weighted by Crippen LogP contribution is 2.28. The molecule has 0 unspecified atom stereocenters. The second kappa shape index (κ2) is 7.48. The molecule has 142 valence electrons. The molecule has 1 amide bonds. The third-order valence-corrected chi connectivity index (χ3v) is 5.81. The van der Waals surface area contributed by atoms with Crippen LogP contribution in [0, 0.1) is 0 Å². The predicted molar refractivity (Wildman–Crippen MR) is 112 cm³/mol. The van der Waals surface area contributed by atoms with Gasteiger partial charge in [0, 0.05) is 23.6 Å². The highest BCUT2D eigenvalue weighted by atomic mass is 32.1. The third kappa shape index (κ3) is 3.16. The Hall–Kier alpha value is -3.12. The van der Waals surface area contributed by atoms with Crippen molar-refractivity contribution in [2.45, 2.75) is 13.5 Å². The number of aryl methyl sites for hydroxylation is 1. The van der Waals surface area contributed by atoms with Crippen molar-refractivity contribution in [2.24, 2.45) is 4.99 Å². The minimum atomic E-state index is -0.324. The first-order valence-corrected chi connectivity index (χ1v) is 9.79. The molecular weight excluding hydrogens is 372 g/mol. The normalized spacial score (nSPS) is 11.9. The van der Waals surface area contributed by atoms with Crippen molar-refractivity contribution in [2.75, 3.05) is 14.2 Å². The van der Waals surface area contributed by atoms with Gasteiger partial charge in [-0.15, -0.1) is 0 Å². The molecule has 0 atom stereocenters. The number of rotatable bonds is 4. The number of fused-ring (bicyclic) bond motifs is 3. The molecular formula is C22H20N2O3S. The minimum Gasteiger partial charge on any atom is -0.497 e.